The first-order valence-electron chi connectivity index (χ1n) is 7.03. The lowest BCUT2D eigenvalue weighted by molar-refractivity contribution is 0.0526. The second-order valence-electron chi connectivity index (χ2n) is 4.65. The van der Waals surface area contributed by atoms with E-state index < -0.39 is 5.97 Å². The maximum atomic E-state index is 11.7. The molecule has 0 saturated heterocycles. The predicted octanol–water partition coefficient (Wildman–Crippen LogP) is 4.25. The molecule has 0 fully saturated rings. The average molecular weight is 329 g/mol. The first-order chi connectivity index (χ1) is 11.2. The number of benzene rings is 1. The number of pyridine rings is 2. The fourth-order valence-corrected chi connectivity index (χ4v) is 2.32. The second kappa shape index (κ2) is 6.62. The van der Waals surface area contributed by atoms with Gasteiger partial charge in [-0.15, -0.1) is 0 Å². The Morgan fingerprint density at radius 1 is 1.22 bits per heavy atom. The van der Waals surface area contributed by atoms with E-state index in [-0.39, 0.29) is 17.2 Å². The number of carbonyl (C=O) groups is 1. The lowest BCUT2D eigenvalue weighted by Crippen LogP contribution is -2.06. The van der Waals surface area contributed by atoms with Crippen LogP contribution in [-0.2, 0) is 4.74 Å². The van der Waals surface area contributed by atoms with Crippen LogP contribution in [0.25, 0.3) is 10.9 Å². The van der Waals surface area contributed by atoms with Crippen LogP contribution in [0.15, 0.2) is 48.8 Å². The Bertz CT molecular complexity index is 862. The van der Waals surface area contributed by atoms with E-state index in [1.165, 1.54) is 12.3 Å². The number of hydrogen-bond donors (Lipinski definition) is 0. The molecule has 0 aliphatic heterocycles. The quantitative estimate of drug-likeness (QED) is 0.670. The van der Waals surface area contributed by atoms with Gasteiger partial charge in [-0.3, -0.25) is 4.98 Å². The van der Waals surface area contributed by atoms with E-state index >= 15 is 0 Å². The normalized spacial score (nSPS) is 10.5. The van der Waals surface area contributed by atoms with Crippen molar-refractivity contribution in [2.75, 3.05) is 6.61 Å². The Labute approximate surface area is 137 Å². The molecule has 116 valence electrons. The molecule has 0 bridgehead atoms. The predicted molar refractivity (Wildman–Crippen MR) is 87.0 cm³/mol. The molecular formula is C17H13ClN2O3. The van der Waals surface area contributed by atoms with Crippen molar-refractivity contribution in [3.05, 3.63) is 59.4 Å². The van der Waals surface area contributed by atoms with Gasteiger partial charge in [-0.2, -0.15) is 0 Å². The summed E-state index contributed by atoms with van der Waals surface area (Å²) < 4.78 is 10.7. The summed E-state index contributed by atoms with van der Waals surface area (Å²) in [5.41, 5.74) is 1.03. The molecule has 5 nitrogen and oxygen atoms in total. The fraction of sp³-hybridized carbons (Fsp3) is 0.118. The van der Waals surface area contributed by atoms with Gasteiger partial charge in [0, 0.05) is 23.8 Å². The largest absolute Gasteiger partial charge is 0.462 e. The summed E-state index contributed by atoms with van der Waals surface area (Å²) in [6.45, 7) is 2.00. The Morgan fingerprint density at radius 3 is 2.87 bits per heavy atom. The molecule has 3 aromatic rings. The topological polar surface area (TPSA) is 61.3 Å². The molecule has 0 amide bonds. The molecule has 0 unspecified atom stereocenters. The summed E-state index contributed by atoms with van der Waals surface area (Å²) in [7, 11) is 0. The first-order valence-corrected chi connectivity index (χ1v) is 7.41. The Kier molecular flexibility index (Phi) is 4.39. The molecule has 1 aromatic carbocycles. The lowest BCUT2D eigenvalue weighted by Gasteiger charge is -2.09. The number of hydrogen-bond acceptors (Lipinski definition) is 5. The van der Waals surface area contributed by atoms with Gasteiger partial charge in [0.2, 0.25) is 5.88 Å². The van der Waals surface area contributed by atoms with Crippen LogP contribution >= 0.6 is 11.6 Å². The summed E-state index contributed by atoms with van der Waals surface area (Å²) in [4.78, 5) is 20.1. The van der Waals surface area contributed by atoms with Crippen LogP contribution in [-0.4, -0.2) is 22.5 Å². The number of esters is 1. The van der Waals surface area contributed by atoms with Crippen LogP contribution in [0.4, 0.5) is 0 Å². The molecule has 0 radical (unpaired) electrons. The molecule has 2 heterocycles. The van der Waals surface area contributed by atoms with Gasteiger partial charge in [0.1, 0.15) is 5.75 Å². The monoisotopic (exact) mass is 328 g/mol. The molecule has 6 heteroatoms. The minimum Gasteiger partial charge on any atom is -0.462 e. The molecule has 3 rings (SSSR count). The standard InChI is InChI=1S/C17H13ClN2O3/c1-2-22-17(21)12-10-20-16(9-13(12)18)23-15-7-3-6-14-11(15)5-4-8-19-14/h3-10H,2H2,1H3. The van der Waals surface area contributed by atoms with Gasteiger partial charge in [0.25, 0.3) is 0 Å². The second-order valence-corrected chi connectivity index (χ2v) is 5.06. The summed E-state index contributed by atoms with van der Waals surface area (Å²) in [5.74, 6) is 0.397. The van der Waals surface area contributed by atoms with Crippen LogP contribution in [0.5, 0.6) is 11.6 Å². The van der Waals surface area contributed by atoms with Crippen molar-refractivity contribution in [1.82, 2.24) is 9.97 Å². The molecule has 23 heavy (non-hydrogen) atoms. The number of halogens is 1. The zero-order valence-corrected chi connectivity index (χ0v) is 13.1. The fourth-order valence-electron chi connectivity index (χ4n) is 2.10. The maximum absolute atomic E-state index is 11.7. The molecule has 0 atom stereocenters. The third-order valence-corrected chi connectivity index (χ3v) is 3.46. The van der Waals surface area contributed by atoms with E-state index in [1.54, 1.807) is 13.1 Å². The molecule has 0 aliphatic rings. The highest BCUT2D eigenvalue weighted by molar-refractivity contribution is 6.33. The van der Waals surface area contributed by atoms with E-state index in [9.17, 15) is 4.79 Å². The van der Waals surface area contributed by atoms with E-state index in [0.29, 0.717) is 11.6 Å². The van der Waals surface area contributed by atoms with E-state index in [2.05, 4.69) is 9.97 Å². The van der Waals surface area contributed by atoms with Crippen LogP contribution in [0.1, 0.15) is 17.3 Å². The highest BCUT2D eigenvalue weighted by Gasteiger charge is 2.14. The van der Waals surface area contributed by atoms with Gasteiger partial charge in [0.05, 0.1) is 22.7 Å². The van der Waals surface area contributed by atoms with Gasteiger partial charge in [0.15, 0.2) is 0 Å². The minimum absolute atomic E-state index is 0.209. The lowest BCUT2D eigenvalue weighted by atomic mass is 10.2. The first kappa shape index (κ1) is 15.2. The van der Waals surface area contributed by atoms with Crippen molar-refractivity contribution in [3.8, 4) is 11.6 Å². The number of fused-ring (bicyclic) bond motifs is 1. The molecule has 0 N–H and O–H groups in total. The average Bonchev–Trinajstić information content (AvgIpc) is 2.55. The van der Waals surface area contributed by atoms with Gasteiger partial charge in [-0.25, -0.2) is 9.78 Å². The molecule has 2 aromatic heterocycles. The Morgan fingerprint density at radius 2 is 2.09 bits per heavy atom. The van der Waals surface area contributed by atoms with Crippen molar-refractivity contribution in [2.45, 2.75) is 6.92 Å². The number of nitrogens with zero attached hydrogens (tertiary/aromatic N) is 2. The van der Waals surface area contributed by atoms with Crippen LogP contribution < -0.4 is 4.74 Å². The SMILES string of the molecule is CCOC(=O)c1cnc(Oc2cccc3ncccc23)cc1Cl. The van der Waals surface area contributed by atoms with Crippen molar-refractivity contribution in [1.29, 1.82) is 0 Å². The van der Waals surface area contributed by atoms with Gasteiger partial charge in [-0.1, -0.05) is 17.7 Å². The van der Waals surface area contributed by atoms with E-state index in [0.717, 1.165) is 10.9 Å². The Hall–Kier alpha value is -2.66. The number of rotatable bonds is 4. The molecule has 0 aliphatic carbocycles. The zero-order chi connectivity index (χ0) is 16.2. The zero-order valence-electron chi connectivity index (χ0n) is 12.3. The third kappa shape index (κ3) is 3.24. The van der Waals surface area contributed by atoms with Gasteiger partial charge in [-0.05, 0) is 31.2 Å². The highest BCUT2D eigenvalue weighted by Crippen LogP contribution is 2.29. The Balaban J connectivity index is 1.91. The number of carbonyl (C=O) groups excluding carboxylic acids is 1. The van der Waals surface area contributed by atoms with Crippen molar-refractivity contribution in [2.24, 2.45) is 0 Å². The van der Waals surface area contributed by atoms with Crippen molar-refractivity contribution < 1.29 is 14.3 Å². The van der Waals surface area contributed by atoms with Crippen LogP contribution in [0.2, 0.25) is 5.02 Å². The van der Waals surface area contributed by atoms with Crippen molar-refractivity contribution >= 4 is 28.5 Å². The van der Waals surface area contributed by atoms with E-state index in [4.69, 9.17) is 21.1 Å². The summed E-state index contributed by atoms with van der Waals surface area (Å²) in [6, 6.07) is 10.8. The van der Waals surface area contributed by atoms with Crippen LogP contribution in [0.3, 0.4) is 0 Å². The molecule has 0 spiro atoms. The molecule has 0 saturated carbocycles. The summed E-state index contributed by atoms with van der Waals surface area (Å²) in [5, 5.41) is 1.09. The van der Waals surface area contributed by atoms with Crippen LogP contribution in [0, 0.1) is 0 Å². The number of aromatic nitrogens is 2. The summed E-state index contributed by atoms with van der Waals surface area (Å²) in [6.07, 6.45) is 3.06. The smallest absolute Gasteiger partial charge is 0.341 e. The molecular weight excluding hydrogens is 316 g/mol. The maximum Gasteiger partial charge on any atom is 0.341 e. The minimum atomic E-state index is -0.508. The van der Waals surface area contributed by atoms with E-state index in [1.807, 2.05) is 30.3 Å². The third-order valence-electron chi connectivity index (χ3n) is 3.14. The van der Waals surface area contributed by atoms with Gasteiger partial charge >= 0.3 is 5.97 Å². The van der Waals surface area contributed by atoms with Gasteiger partial charge < -0.3 is 9.47 Å². The van der Waals surface area contributed by atoms with Crippen molar-refractivity contribution in [3.63, 3.8) is 0 Å². The highest BCUT2D eigenvalue weighted by atomic mass is 35.5. The number of ether oxygens (including phenoxy) is 2. The summed E-state index contributed by atoms with van der Waals surface area (Å²) >= 11 is 6.11.